The van der Waals surface area contributed by atoms with E-state index in [1.807, 2.05) is 0 Å². The van der Waals surface area contributed by atoms with Crippen LogP contribution in [-0.4, -0.2) is 37.1 Å². The number of nitriles is 1. The zero-order valence-corrected chi connectivity index (χ0v) is 10.00. The SMILES string of the molecule is CCC(CC#N)NCC1CCCCN1C. The van der Waals surface area contributed by atoms with E-state index in [1.165, 1.54) is 25.8 Å². The molecule has 1 aliphatic rings. The van der Waals surface area contributed by atoms with E-state index in [0.29, 0.717) is 18.5 Å². The molecular weight excluding hydrogens is 186 g/mol. The standard InChI is InChI=1S/C12H23N3/c1-3-11(7-8-13)14-10-12-6-4-5-9-15(12)2/h11-12,14H,3-7,9-10H2,1-2H3. The lowest BCUT2D eigenvalue weighted by Gasteiger charge is -2.33. The van der Waals surface area contributed by atoms with E-state index >= 15 is 0 Å². The van der Waals surface area contributed by atoms with Crippen LogP contribution in [0.2, 0.25) is 0 Å². The summed E-state index contributed by atoms with van der Waals surface area (Å²) in [6.45, 7) is 4.40. The lowest BCUT2D eigenvalue weighted by Crippen LogP contribution is -2.45. The lowest BCUT2D eigenvalue weighted by atomic mass is 10.0. The highest BCUT2D eigenvalue weighted by atomic mass is 15.2. The average molecular weight is 209 g/mol. The largest absolute Gasteiger partial charge is 0.311 e. The van der Waals surface area contributed by atoms with Crippen molar-refractivity contribution in [1.29, 1.82) is 5.26 Å². The first-order valence-corrected chi connectivity index (χ1v) is 6.08. The van der Waals surface area contributed by atoms with E-state index in [9.17, 15) is 0 Å². The van der Waals surface area contributed by atoms with E-state index in [0.717, 1.165) is 13.0 Å². The molecule has 0 amide bonds. The first-order chi connectivity index (χ1) is 7.27. The minimum Gasteiger partial charge on any atom is -0.311 e. The molecule has 3 heteroatoms. The molecule has 1 saturated heterocycles. The highest BCUT2D eigenvalue weighted by Crippen LogP contribution is 2.14. The molecule has 2 unspecified atom stereocenters. The van der Waals surface area contributed by atoms with Crippen molar-refractivity contribution >= 4 is 0 Å². The summed E-state index contributed by atoms with van der Waals surface area (Å²) in [5, 5.41) is 12.2. The molecular formula is C12H23N3. The molecule has 0 radical (unpaired) electrons. The molecule has 0 aliphatic carbocycles. The normalized spacial score (nSPS) is 24.7. The maximum atomic E-state index is 8.66. The van der Waals surface area contributed by atoms with Crippen LogP contribution in [0.25, 0.3) is 0 Å². The molecule has 1 fully saturated rings. The Balaban J connectivity index is 2.25. The van der Waals surface area contributed by atoms with Gasteiger partial charge in [0, 0.05) is 18.6 Å². The minimum atomic E-state index is 0.380. The molecule has 0 bridgehead atoms. The molecule has 2 atom stereocenters. The van der Waals surface area contributed by atoms with Gasteiger partial charge < -0.3 is 10.2 Å². The van der Waals surface area contributed by atoms with Gasteiger partial charge in [0.25, 0.3) is 0 Å². The van der Waals surface area contributed by atoms with E-state index in [1.54, 1.807) is 0 Å². The fraction of sp³-hybridized carbons (Fsp3) is 0.917. The van der Waals surface area contributed by atoms with Gasteiger partial charge in [0.1, 0.15) is 0 Å². The van der Waals surface area contributed by atoms with Crippen molar-refractivity contribution in [1.82, 2.24) is 10.2 Å². The van der Waals surface area contributed by atoms with Gasteiger partial charge in [-0.25, -0.2) is 0 Å². The van der Waals surface area contributed by atoms with E-state index in [4.69, 9.17) is 5.26 Å². The van der Waals surface area contributed by atoms with Gasteiger partial charge in [0.2, 0.25) is 0 Å². The van der Waals surface area contributed by atoms with Crippen LogP contribution in [0.5, 0.6) is 0 Å². The van der Waals surface area contributed by atoms with Gasteiger partial charge in [-0.3, -0.25) is 0 Å². The zero-order chi connectivity index (χ0) is 11.1. The predicted molar refractivity (Wildman–Crippen MR) is 62.6 cm³/mol. The summed E-state index contributed by atoms with van der Waals surface area (Å²) in [4.78, 5) is 2.44. The minimum absolute atomic E-state index is 0.380. The summed E-state index contributed by atoms with van der Waals surface area (Å²) < 4.78 is 0. The Kier molecular flexibility index (Phi) is 5.67. The fourth-order valence-electron chi connectivity index (χ4n) is 2.18. The molecule has 0 aromatic carbocycles. The van der Waals surface area contributed by atoms with Crippen molar-refractivity contribution in [3.05, 3.63) is 0 Å². The number of hydrogen-bond donors (Lipinski definition) is 1. The predicted octanol–water partition coefficient (Wildman–Crippen LogP) is 1.75. The maximum Gasteiger partial charge on any atom is 0.0638 e. The van der Waals surface area contributed by atoms with Crippen molar-refractivity contribution < 1.29 is 0 Å². The van der Waals surface area contributed by atoms with Gasteiger partial charge in [-0.2, -0.15) is 5.26 Å². The molecule has 86 valence electrons. The number of hydrogen-bond acceptors (Lipinski definition) is 3. The summed E-state index contributed by atoms with van der Waals surface area (Å²) in [6, 6.07) is 3.29. The molecule has 1 rings (SSSR count). The van der Waals surface area contributed by atoms with Crippen molar-refractivity contribution in [3.8, 4) is 6.07 Å². The molecule has 0 aromatic rings. The lowest BCUT2D eigenvalue weighted by molar-refractivity contribution is 0.177. The summed E-state index contributed by atoms with van der Waals surface area (Å²) in [7, 11) is 2.21. The van der Waals surface area contributed by atoms with Crippen LogP contribution in [0, 0.1) is 11.3 Å². The van der Waals surface area contributed by atoms with Crippen LogP contribution < -0.4 is 5.32 Å². The van der Waals surface area contributed by atoms with E-state index in [2.05, 4.69) is 30.3 Å². The van der Waals surface area contributed by atoms with Crippen LogP contribution in [0.1, 0.15) is 39.0 Å². The van der Waals surface area contributed by atoms with Gasteiger partial charge in [0.05, 0.1) is 12.5 Å². The van der Waals surface area contributed by atoms with Crippen molar-refractivity contribution in [2.24, 2.45) is 0 Å². The first kappa shape index (κ1) is 12.5. The molecule has 1 aliphatic heterocycles. The Morgan fingerprint density at radius 2 is 2.33 bits per heavy atom. The van der Waals surface area contributed by atoms with Crippen LogP contribution in [0.3, 0.4) is 0 Å². The third kappa shape index (κ3) is 4.19. The van der Waals surface area contributed by atoms with Crippen LogP contribution >= 0.6 is 0 Å². The summed E-state index contributed by atoms with van der Waals surface area (Å²) >= 11 is 0. The van der Waals surface area contributed by atoms with E-state index in [-0.39, 0.29) is 0 Å². The topological polar surface area (TPSA) is 39.1 Å². The van der Waals surface area contributed by atoms with Gasteiger partial charge in [-0.1, -0.05) is 13.3 Å². The molecule has 3 nitrogen and oxygen atoms in total. The molecule has 0 aromatic heterocycles. The second-order valence-corrected chi connectivity index (χ2v) is 4.51. The first-order valence-electron chi connectivity index (χ1n) is 6.08. The third-order valence-electron chi connectivity index (χ3n) is 3.39. The Bertz CT molecular complexity index is 209. The third-order valence-corrected chi connectivity index (χ3v) is 3.39. The highest BCUT2D eigenvalue weighted by molar-refractivity contribution is 4.83. The van der Waals surface area contributed by atoms with Crippen LogP contribution in [0.15, 0.2) is 0 Å². The Hall–Kier alpha value is -0.590. The number of likely N-dealkylation sites (tertiary alicyclic amines) is 1. The summed E-state index contributed by atoms with van der Waals surface area (Å²) in [5.74, 6) is 0. The Morgan fingerprint density at radius 1 is 1.53 bits per heavy atom. The molecule has 15 heavy (non-hydrogen) atoms. The Labute approximate surface area is 93.5 Å². The molecule has 1 N–H and O–H groups in total. The van der Waals surface area contributed by atoms with Crippen LogP contribution in [0.4, 0.5) is 0 Å². The monoisotopic (exact) mass is 209 g/mol. The summed E-state index contributed by atoms with van der Waals surface area (Å²) in [6.07, 6.45) is 5.66. The smallest absolute Gasteiger partial charge is 0.0638 e. The second-order valence-electron chi connectivity index (χ2n) is 4.51. The summed E-state index contributed by atoms with van der Waals surface area (Å²) in [5.41, 5.74) is 0. The van der Waals surface area contributed by atoms with Gasteiger partial charge in [-0.05, 0) is 32.9 Å². The zero-order valence-electron chi connectivity index (χ0n) is 10.00. The number of rotatable bonds is 5. The maximum absolute atomic E-state index is 8.66. The highest BCUT2D eigenvalue weighted by Gasteiger charge is 2.19. The van der Waals surface area contributed by atoms with Crippen molar-refractivity contribution in [2.75, 3.05) is 20.1 Å². The number of piperidine rings is 1. The Morgan fingerprint density at radius 3 is 2.93 bits per heavy atom. The molecule has 1 heterocycles. The quantitative estimate of drug-likeness (QED) is 0.750. The number of likely N-dealkylation sites (N-methyl/N-ethyl adjacent to an activating group) is 1. The van der Waals surface area contributed by atoms with Crippen LogP contribution in [-0.2, 0) is 0 Å². The number of nitrogens with zero attached hydrogens (tertiary/aromatic N) is 2. The van der Waals surface area contributed by atoms with Gasteiger partial charge in [-0.15, -0.1) is 0 Å². The fourth-order valence-corrected chi connectivity index (χ4v) is 2.18. The van der Waals surface area contributed by atoms with Crippen molar-refractivity contribution in [2.45, 2.75) is 51.1 Å². The van der Waals surface area contributed by atoms with Crippen molar-refractivity contribution in [3.63, 3.8) is 0 Å². The average Bonchev–Trinajstić information content (AvgIpc) is 2.26. The molecule has 0 spiro atoms. The molecule has 0 saturated carbocycles. The van der Waals surface area contributed by atoms with E-state index < -0.39 is 0 Å². The van der Waals surface area contributed by atoms with Gasteiger partial charge in [0.15, 0.2) is 0 Å². The second kappa shape index (κ2) is 6.81. The van der Waals surface area contributed by atoms with Gasteiger partial charge >= 0.3 is 0 Å². The number of nitrogens with one attached hydrogen (secondary N) is 1.